The molecule has 1 aromatic carbocycles. The van der Waals surface area contributed by atoms with Gasteiger partial charge in [0.05, 0.1) is 11.2 Å². The van der Waals surface area contributed by atoms with Crippen molar-refractivity contribution in [1.82, 2.24) is 0 Å². The Bertz CT molecular complexity index is 539. The first-order valence-electron chi connectivity index (χ1n) is 7.16. The summed E-state index contributed by atoms with van der Waals surface area (Å²) < 4.78 is 26.3. The Hall–Kier alpha value is -1.07. The minimum Gasteiger partial charge on any atom is -0.399 e. The number of hydrogen-bond donors (Lipinski definition) is 1. The summed E-state index contributed by atoms with van der Waals surface area (Å²) in [5, 5.41) is 0. The Balaban J connectivity index is 2.03. The third kappa shape index (κ3) is 2.13. The van der Waals surface area contributed by atoms with Gasteiger partial charge in [0.1, 0.15) is 5.82 Å². The van der Waals surface area contributed by atoms with E-state index in [1.807, 2.05) is 27.7 Å². The molecule has 1 aromatic rings. The fraction of sp³-hybridized carbons (Fsp3) is 0.600. The summed E-state index contributed by atoms with van der Waals surface area (Å²) in [7, 11) is -0.548. The van der Waals surface area contributed by atoms with Gasteiger partial charge in [-0.15, -0.1) is 0 Å². The molecule has 0 unspecified atom stereocenters. The molecular formula is C15H21BFNO2. The van der Waals surface area contributed by atoms with Gasteiger partial charge in [-0.2, -0.15) is 0 Å². The molecule has 0 atom stereocenters. The van der Waals surface area contributed by atoms with E-state index in [9.17, 15) is 4.39 Å². The van der Waals surface area contributed by atoms with Crippen molar-refractivity contribution in [1.29, 1.82) is 0 Å². The molecule has 2 fully saturated rings. The molecular weight excluding hydrogens is 256 g/mol. The molecule has 2 N–H and O–H groups in total. The number of benzene rings is 1. The topological polar surface area (TPSA) is 44.5 Å². The largest absolute Gasteiger partial charge is 0.495 e. The summed E-state index contributed by atoms with van der Waals surface area (Å²) in [6.07, 6.45) is 2.04. The van der Waals surface area contributed by atoms with Crippen LogP contribution in [0, 0.1) is 5.82 Å². The molecule has 0 amide bonds. The highest BCUT2D eigenvalue weighted by molar-refractivity contribution is 6.62. The standard InChI is InChI=1S/C15H21BFNO2/c1-14(2)15(3,4)20-16(19-14)11-7-10(18)8-12(17)13(11)9-5-6-9/h7-9H,5-6,18H2,1-4H3. The van der Waals surface area contributed by atoms with Crippen molar-refractivity contribution in [2.45, 2.75) is 57.7 Å². The zero-order chi connectivity index (χ0) is 14.7. The van der Waals surface area contributed by atoms with Gasteiger partial charge in [0.15, 0.2) is 0 Å². The molecule has 0 bridgehead atoms. The maximum Gasteiger partial charge on any atom is 0.495 e. The lowest BCUT2D eigenvalue weighted by Crippen LogP contribution is -2.41. The predicted molar refractivity (Wildman–Crippen MR) is 78.5 cm³/mol. The van der Waals surface area contributed by atoms with Gasteiger partial charge in [0.25, 0.3) is 0 Å². The van der Waals surface area contributed by atoms with Crippen LogP contribution in [0.4, 0.5) is 10.1 Å². The molecule has 0 radical (unpaired) electrons. The summed E-state index contributed by atoms with van der Waals surface area (Å²) >= 11 is 0. The SMILES string of the molecule is CC1(C)OB(c2cc(N)cc(F)c2C2CC2)OC1(C)C. The zero-order valence-electron chi connectivity index (χ0n) is 12.5. The van der Waals surface area contributed by atoms with Gasteiger partial charge in [0, 0.05) is 5.69 Å². The van der Waals surface area contributed by atoms with E-state index in [0.29, 0.717) is 5.69 Å². The molecule has 1 saturated carbocycles. The Morgan fingerprint density at radius 3 is 2.20 bits per heavy atom. The number of anilines is 1. The maximum absolute atomic E-state index is 14.2. The van der Waals surface area contributed by atoms with Crippen molar-refractivity contribution in [2.24, 2.45) is 0 Å². The monoisotopic (exact) mass is 277 g/mol. The summed E-state index contributed by atoms with van der Waals surface area (Å²) in [4.78, 5) is 0. The van der Waals surface area contributed by atoms with E-state index in [-0.39, 0.29) is 11.7 Å². The van der Waals surface area contributed by atoms with E-state index >= 15 is 0 Å². The third-order valence-corrected chi connectivity index (χ3v) is 4.68. The summed E-state index contributed by atoms with van der Waals surface area (Å²) in [6, 6.07) is 3.18. The second kappa shape index (κ2) is 4.21. The highest BCUT2D eigenvalue weighted by atomic mass is 19.1. The van der Waals surface area contributed by atoms with Crippen molar-refractivity contribution in [3.63, 3.8) is 0 Å². The lowest BCUT2D eigenvalue weighted by molar-refractivity contribution is 0.00578. The molecule has 0 spiro atoms. The molecule has 3 nitrogen and oxygen atoms in total. The molecule has 1 heterocycles. The Morgan fingerprint density at radius 1 is 1.15 bits per heavy atom. The molecule has 2 aliphatic rings. The Morgan fingerprint density at radius 2 is 1.70 bits per heavy atom. The van der Waals surface area contributed by atoms with Crippen LogP contribution in [0.5, 0.6) is 0 Å². The molecule has 20 heavy (non-hydrogen) atoms. The number of nitrogens with two attached hydrogens (primary N) is 1. The highest BCUT2D eigenvalue weighted by Gasteiger charge is 2.53. The van der Waals surface area contributed by atoms with Crippen LogP contribution in [0.15, 0.2) is 12.1 Å². The minimum atomic E-state index is -0.548. The molecule has 3 rings (SSSR count). The first-order valence-corrected chi connectivity index (χ1v) is 7.16. The molecule has 108 valence electrons. The minimum absolute atomic E-state index is 0.239. The van der Waals surface area contributed by atoms with Crippen LogP contribution in [0.25, 0.3) is 0 Å². The van der Waals surface area contributed by atoms with E-state index in [0.717, 1.165) is 23.9 Å². The molecule has 1 saturated heterocycles. The second-order valence-electron chi connectivity index (χ2n) is 6.87. The first-order chi connectivity index (χ1) is 9.21. The second-order valence-corrected chi connectivity index (χ2v) is 6.87. The quantitative estimate of drug-likeness (QED) is 0.667. The van der Waals surface area contributed by atoms with Crippen LogP contribution in [-0.4, -0.2) is 18.3 Å². The molecule has 1 aliphatic carbocycles. The number of hydrogen-bond acceptors (Lipinski definition) is 3. The van der Waals surface area contributed by atoms with Crippen molar-refractivity contribution >= 4 is 18.3 Å². The van der Waals surface area contributed by atoms with Gasteiger partial charge in [-0.1, -0.05) is 0 Å². The fourth-order valence-corrected chi connectivity index (χ4v) is 2.63. The average molecular weight is 277 g/mol. The Kier molecular flexibility index (Phi) is 2.93. The number of rotatable bonds is 2. The van der Waals surface area contributed by atoms with Crippen LogP contribution in [0.3, 0.4) is 0 Å². The van der Waals surface area contributed by atoms with Crippen LogP contribution in [0.2, 0.25) is 0 Å². The lowest BCUT2D eigenvalue weighted by atomic mass is 9.74. The van der Waals surface area contributed by atoms with Gasteiger partial charge < -0.3 is 15.0 Å². The van der Waals surface area contributed by atoms with Crippen LogP contribution in [0.1, 0.15) is 52.0 Å². The van der Waals surface area contributed by atoms with Gasteiger partial charge >= 0.3 is 7.12 Å². The van der Waals surface area contributed by atoms with E-state index < -0.39 is 18.3 Å². The lowest BCUT2D eigenvalue weighted by Gasteiger charge is -2.32. The van der Waals surface area contributed by atoms with Gasteiger partial charge in [-0.05, 0) is 69.6 Å². The molecule has 1 aliphatic heterocycles. The van der Waals surface area contributed by atoms with Crippen molar-refractivity contribution in [2.75, 3.05) is 5.73 Å². The molecule has 0 aromatic heterocycles. The van der Waals surface area contributed by atoms with Crippen molar-refractivity contribution in [3.05, 3.63) is 23.5 Å². The van der Waals surface area contributed by atoms with Crippen molar-refractivity contribution in [3.8, 4) is 0 Å². The van der Waals surface area contributed by atoms with Gasteiger partial charge in [-0.3, -0.25) is 0 Å². The van der Waals surface area contributed by atoms with Gasteiger partial charge in [-0.25, -0.2) is 4.39 Å². The normalized spacial score (nSPS) is 24.1. The van der Waals surface area contributed by atoms with E-state index in [2.05, 4.69) is 0 Å². The van der Waals surface area contributed by atoms with E-state index in [1.165, 1.54) is 6.07 Å². The maximum atomic E-state index is 14.2. The zero-order valence-corrected chi connectivity index (χ0v) is 12.5. The number of nitrogen functional groups attached to an aromatic ring is 1. The van der Waals surface area contributed by atoms with Crippen molar-refractivity contribution < 1.29 is 13.7 Å². The third-order valence-electron chi connectivity index (χ3n) is 4.68. The number of halogens is 1. The highest BCUT2D eigenvalue weighted by Crippen LogP contribution is 2.43. The predicted octanol–water partition coefficient (Wildman–Crippen LogP) is 2.58. The molecule has 5 heteroatoms. The Labute approximate surface area is 119 Å². The summed E-state index contributed by atoms with van der Waals surface area (Å²) in [5.74, 6) is 0.0434. The van der Waals surface area contributed by atoms with E-state index in [4.69, 9.17) is 15.0 Å². The smallest absolute Gasteiger partial charge is 0.399 e. The van der Waals surface area contributed by atoms with Gasteiger partial charge in [0.2, 0.25) is 0 Å². The fourth-order valence-electron chi connectivity index (χ4n) is 2.63. The summed E-state index contributed by atoms with van der Waals surface area (Å²) in [5.41, 5.74) is 6.83. The van der Waals surface area contributed by atoms with Crippen LogP contribution < -0.4 is 11.2 Å². The van der Waals surface area contributed by atoms with Crippen LogP contribution >= 0.6 is 0 Å². The summed E-state index contributed by atoms with van der Waals surface area (Å²) in [6.45, 7) is 7.97. The first kappa shape index (κ1) is 13.9. The van der Waals surface area contributed by atoms with Crippen LogP contribution in [-0.2, 0) is 9.31 Å². The average Bonchev–Trinajstić information content (AvgIpc) is 3.06. The van der Waals surface area contributed by atoms with E-state index in [1.54, 1.807) is 6.07 Å².